The summed E-state index contributed by atoms with van der Waals surface area (Å²) >= 11 is 0. The maximum absolute atomic E-state index is 12.3. The Balaban J connectivity index is 1.42. The van der Waals surface area contributed by atoms with Gasteiger partial charge in [0.15, 0.2) is 6.61 Å². The van der Waals surface area contributed by atoms with E-state index in [0.29, 0.717) is 18.8 Å². The number of carbonyl (C=O) groups excluding carboxylic acids is 3. The second-order valence-corrected chi connectivity index (χ2v) is 6.99. The molecule has 7 heteroatoms. The standard InChI is InChI=1S/C22H25N3O4/c1-2-16-9-6-10-19(11-16)29-15-20(26)23-24-22(28)18-12-21(27)25(14-18)13-17-7-4-3-5-8-17/h3-11,18H,2,12-15H2,1H3,(H,23,26)(H,24,28). The van der Waals surface area contributed by atoms with Gasteiger partial charge in [-0.1, -0.05) is 49.4 Å². The van der Waals surface area contributed by atoms with Gasteiger partial charge in [0.05, 0.1) is 5.92 Å². The number of carbonyl (C=O) groups is 3. The number of hydrazine groups is 1. The maximum atomic E-state index is 12.3. The minimum atomic E-state index is -0.492. The van der Waals surface area contributed by atoms with Gasteiger partial charge in [0.1, 0.15) is 5.75 Å². The Morgan fingerprint density at radius 2 is 1.83 bits per heavy atom. The van der Waals surface area contributed by atoms with E-state index < -0.39 is 11.8 Å². The Hall–Kier alpha value is -3.35. The molecule has 2 aromatic rings. The summed E-state index contributed by atoms with van der Waals surface area (Å²) in [7, 11) is 0. The van der Waals surface area contributed by atoms with Crippen molar-refractivity contribution in [3.63, 3.8) is 0 Å². The molecule has 0 spiro atoms. The molecule has 152 valence electrons. The van der Waals surface area contributed by atoms with E-state index in [4.69, 9.17) is 4.74 Å². The summed E-state index contributed by atoms with van der Waals surface area (Å²) in [5, 5.41) is 0. The van der Waals surface area contributed by atoms with Crippen LogP contribution in [0.5, 0.6) is 5.75 Å². The number of aryl methyl sites for hydroxylation is 1. The van der Waals surface area contributed by atoms with E-state index in [-0.39, 0.29) is 24.8 Å². The summed E-state index contributed by atoms with van der Waals surface area (Å²) in [6.07, 6.45) is 1.01. The third-order valence-corrected chi connectivity index (χ3v) is 4.80. The third kappa shape index (κ3) is 5.81. The van der Waals surface area contributed by atoms with Crippen molar-refractivity contribution in [2.75, 3.05) is 13.2 Å². The average molecular weight is 395 g/mol. The maximum Gasteiger partial charge on any atom is 0.276 e. The number of rotatable bonds is 7. The molecule has 1 atom stereocenters. The quantitative estimate of drug-likeness (QED) is 0.700. The topological polar surface area (TPSA) is 87.7 Å². The van der Waals surface area contributed by atoms with Gasteiger partial charge in [0.25, 0.3) is 5.91 Å². The van der Waals surface area contributed by atoms with Gasteiger partial charge in [0, 0.05) is 19.5 Å². The lowest BCUT2D eigenvalue weighted by atomic mass is 10.1. The van der Waals surface area contributed by atoms with Crippen molar-refractivity contribution in [1.29, 1.82) is 0 Å². The van der Waals surface area contributed by atoms with Crippen LogP contribution in [0.4, 0.5) is 0 Å². The summed E-state index contributed by atoms with van der Waals surface area (Å²) in [5.41, 5.74) is 6.86. The number of likely N-dealkylation sites (tertiary alicyclic amines) is 1. The Morgan fingerprint density at radius 1 is 1.07 bits per heavy atom. The minimum absolute atomic E-state index is 0.0699. The van der Waals surface area contributed by atoms with E-state index in [1.54, 1.807) is 11.0 Å². The normalized spacial score (nSPS) is 15.8. The molecule has 2 N–H and O–H groups in total. The van der Waals surface area contributed by atoms with E-state index in [1.165, 1.54) is 0 Å². The fraction of sp³-hybridized carbons (Fsp3) is 0.318. The van der Waals surface area contributed by atoms with Gasteiger partial charge in [-0.05, 0) is 29.7 Å². The van der Waals surface area contributed by atoms with Crippen LogP contribution in [-0.4, -0.2) is 35.8 Å². The fourth-order valence-corrected chi connectivity index (χ4v) is 3.18. The summed E-state index contributed by atoms with van der Waals surface area (Å²) in [6, 6.07) is 17.1. The van der Waals surface area contributed by atoms with Crippen LogP contribution < -0.4 is 15.6 Å². The van der Waals surface area contributed by atoms with Crippen molar-refractivity contribution in [1.82, 2.24) is 15.8 Å². The van der Waals surface area contributed by atoms with Crippen LogP contribution >= 0.6 is 0 Å². The molecule has 3 amide bonds. The number of benzene rings is 2. The predicted molar refractivity (Wildman–Crippen MR) is 108 cm³/mol. The fourth-order valence-electron chi connectivity index (χ4n) is 3.18. The van der Waals surface area contributed by atoms with Crippen LogP contribution in [0.25, 0.3) is 0 Å². The Labute approximate surface area is 170 Å². The minimum Gasteiger partial charge on any atom is -0.484 e. The molecule has 0 aromatic heterocycles. The first kappa shape index (κ1) is 20.4. The van der Waals surface area contributed by atoms with Gasteiger partial charge >= 0.3 is 0 Å². The lowest BCUT2D eigenvalue weighted by molar-refractivity contribution is -0.132. The van der Waals surface area contributed by atoms with E-state index >= 15 is 0 Å². The number of hydrogen-bond acceptors (Lipinski definition) is 4. The summed E-state index contributed by atoms with van der Waals surface area (Å²) < 4.78 is 5.44. The molecule has 1 aliphatic heterocycles. The SMILES string of the molecule is CCc1cccc(OCC(=O)NNC(=O)C2CC(=O)N(Cc3ccccc3)C2)c1. The zero-order chi connectivity index (χ0) is 20.6. The predicted octanol–water partition coefficient (Wildman–Crippen LogP) is 1.82. The lowest BCUT2D eigenvalue weighted by Gasteiger charge is -2.16. The highest BCUT2D eigenvalue weighted by Gasteiger charge is 2.34. The van der Waals surface area contributed by atoms with Crippen molar-refractivity contribution < 1.29 is 19.1 Å². The first-order valence-electron chi connectivity index (χ1n) is 9.67. The summed E-state index contributed by atoms with van der Waals surface area (Å²) in [6.45, 7) is 2.63. The average Bonchev–Trinajstić information content (AvgIpc) is 3.11. The monoisotopic (exact) mass is 395 g/mol. The molecule has 1 saturated heterocycles. The number of hydrogen-bond donors (Lipinski definition) is 2. The van der Waals surface area contributed by atoms with Crippen LogP contribution in [-0.2, 0) is 27.3 Å². The van der Waals surface area contributed by atoms with E-state index in [1.807, 2.05) is 55.5 Å². The van der Waals surface area contributed by atoms with Gasteiger partial charge in [-0.15, -0.1) is 0 Å². The Morgan fingerprint density at radius 3 is 2.59 bits per heavy atom. The molecule has 0 aliphatic carbocycles. The highest BCUT2D eigenvalue weighted by atomic mass is 16.5. The van der Waals surface area contributed by atoms with Gasteiger partial charge in [-0.25, -0.2) is 0 Å². The van der Waals surface area contributed by atoms with Crippen LogP contribution in [0.1, 0.15) is 24.5 Å². The van der Waals surface area contributed by atoms with Gasteiger partial charge in [-0.2, -0.15) is 0 Å². The Bertz CT molecular complexity index is 869. The summed E-state index contributed by atoms with van der Waals surface area (Å²) in [4.78, 5) is 38.1. The first-order valence-corrected chi connectivity index (χ1v) is 9.67. The number of amides is 3. The third-order valence-electron chi connectivity index (χ3n) is 4.80. The number of nitrogens with zero attached hydrogens (tertiary/aromatic N) is 1. The highest BCUT2D eigenvalue weighted by Crippen LogP contribution is 2.20. The lowest BCUT2D eigenvalue weighted by Crippen LogP contribution is -2.46. The molecule has 7 nitrogen and oxygen atoms in total. The molecule has 0 radical (unpaired) electrons. The molecule has 1 aliphatic rings. The van der Waals surface area contributed by atoms with Crippen LogP contribution in [0, 0.1) is 5.92 Å². The van der Waals surface area contributed by atoms with Crippen molar-refractivity contribution in [2.24, 2.45) is 5.92 Å². The number of ether oxygens (including phenoxy) is 1. The summed E-state index contributed by atoms with van der Waals surface area (Å²) in [5.74, 6) is -0.808. The van der Waals surface area contributed by atoms with Crippen molar-refractivity contribution in [3.8, 4) is 5.75 Å². The van der Waals surface area contributed by atoms with Gasteiger partial charge in [0.2, 0.25) is 11.8 Å². The largest absolute Gasteiger partial charge is 0.484 e. The van der Waals surface area contributed by atoms with Crippen LogP contribution in [0.3, 0.4) is 0 Å². The van der Waals surface area contributed by atoms with Crippen molar-refractivity contribution >= 4 is 17.7 Å². The smallest absolute Gasteiger partial charge is 0.276 e. The molecular weight excluding hydrogens is 370 g/mol. The first-order chi connectivity index (χ1) is 14.0. The second kappa shape index (κ2) is 9.73. The molecular formula is C22H25N3O4. The molecule has 0 bridgehead atoms. The highest BCUT2D eigenvalue weighted by molar-refractivity contribution is 5.90. The molecule has 1 fully saturated rings. The molecule has 1 unspecified atom stereocenters. The zero-order valence-corrected chi connectivity index (χ0v) is 16.4. The zero-order valence-electron chi connectivity index (χ0n) is 16.4. The van der Waals surface area contributed by atoms with E-state index in [2.05, 4.69) is 10.9 Å². The Kier molecular flexibility index (Phi) is 6.84. The van der Waals surface area contributed by atoms with Crippen molar-refractivity contribution in [2.45, 2.75) is 26.3 Å². The van der Waals surface area contributed by atoms with Crippen LogP contribution in [0.15, 0.2) is 54.6 Å². The van der Waals surface area contributed by atoms with E-state index in [0.717, 1.165) is 17.5 Å². The molecule has 3 rings (SSSR count). The molecule has 29 heavy (non-hydrogen) atoms. The second-order valence-electron chi connectivity index (χ2n) is 6.99. The van der Waals surface area contributed by atoms with Gasteiger partial charge in [-0.3, -0.25) is 25.2 Å². The molecule has 0 saturated carbocycles. The van der Waals surface area contributed by atoms with Crippen LogP contribution in [0.2, 0.25) is 0 Å². The molecule has 1 heterocycles. The van der Waals surface area contributed by atoms with Gasteiger partial charge < -0.3 is 9.64 Å². The van der Waals surface area contributed by atoms with Crippen molar-refractivity contribution in [3.05, 3.63) is 65.7 Å². The number of nitrogens with one attached hydrogen (secondary N) is 2. The van der Waals surface area contributed by atoms with E-state index in [9.17, 15) is 14.4 Å². The molecule has 2 aromatic carbocycles.